The largest absolute Gasteiger partial charge is 0.483 e. The van der Waals surface area contributed by atoms with Crippen molar-refractivity contribution in [3.05, 3.63) is 82.8 Å². The molecular formula is C27H27BrN2O3. The first-order valence-corrected chi connectivity index (χ1v) is 12.1. The van der Waals surface area contributed by atoms with Crippen LogP contribution in [0.15, 0.2) is 77.3 Å². The molecule has 33 heavy (non-hydrogen) atoms. The number of hydrogen-bond acceptors (Lipinski definition) is 3. The quantitative estimate of drug-likeness (QED) is 0.401. The third-order valence-electron chi connectivity index (χ3n) is 5.77. The molecule has 1 aliphatic rings. The highest BCUT2D eigenvalue weighted by molar-refractivity contribution is 9.10. The molecule has 0 atom stereocenters. The average molecular weight is 507 g/mol. The average Bonchev–Trinajstić information content (AvgIpc) is 2.85. The van der Waals surface area contributed by atoms with Crippen molar-refractivity contribution >= 4 is 33.4 Å². The van der Waals surface area contributed by atoms with Gasteiger partial charge in [-0.05, 0) is 76.3 Å². The van der Waals surface area contributed by atoms with Crippen molar-refractivity contribution in [2.75, 3.05) is 11.9 Å². The first-order valence-electron chi connectivity index (χ1n) is 11.3. The molecule has 0 bridgehead atoms. The number of anilines is 1. The second-order valence-electron chi connectivity index (χ2n) is 8.23. The van der Waals surface area contributed by atoms with Crippen molar-refractivity contribution in [2.45, 2.75) is 38.1 Å². The molecule has 3 aromatic carbocycles. The van der Waals surface area contributed by atoms with E-state index in [1.54, 1.807) is 24.3 Å². The van der Waals surface area contributed by atoms with E-state index in [2.05, 4.69) is 26.6 Å². The van der Waals surface area contributed by atoms with Gasteiger partial charge in [0, 0.05) is 17.3 Å². The normalized spacial score (nSPS) is 13.8. The number of rotatable bonds is 7. The van der Waals surface area contributed by atoms with E-state index < -0.39 is 0 Å². The topological polar surface area (TPSA) is 67.4 Å². The molecule has 170 valence electrons. The second kappa shape index (κ2) is 11.1. The summed E-state index contributed by atoms with van der Waals surface area (Å²) in [5.74, 6) is 0.264. The summed E-state index contributed by atoms with van der Waals surface area (Å²) in [6, 6.07) is 23.0. The molecule has 0 radical (unpaired) electrons. The van der Waals surface area contributed by atoms with E-state index in [-0.39, 0.29) is 24.5 Å². The highest BCUT2D eigenvalue weighted by atomic mass is 79.9. The Morgan fingerprint density at radius 3 is 2.30 bits per heavy atom. The number of amides is 2. The van der Waals surface area contributed by atoms with Crippen LogP contribution >= 0.6 is 15.9 Å². The van der Waals surface area contributed by atoms with Gasteiger partial charge in [0.1, 0.15) is 5.75 Å². The molecule has 4 rings (SSSR count). The molecule has 0 aliphatic heterocycles. The van der Waals surface area contributed by atoms with Gasteiger partial charge < -0.3 is 15.4 Å². The first kappa shape index (κ1) is 23.1. The van der Waals surface area contributed by atoms with Gasteiger partial charge in [-0.1, -0.05) is 55.7 Å². The standard InChI is InChI=1S/C27H27BrN2O3/c28-24-17-21(19-7-3-1-4-8-19)13-16-25(24)33-18-26(31)29-23-14-11-20(12-15-23)27(32)30-22-9-5-2-6-10-22/h1,3-4,7-8,11-17,22H,2,5-6,9-10,18H2,(H,29,31)(H,30,32). The molecule has 1 saturated carbocycles. The van der Waals surface area contributed by atoms with E-state index in [9.17, 15) is 9.59 Å². The third-order valence-corrected chi connectivity index (χ3v) is 6.39. The number of carbonyl (C=O) groups is 2. The molecule has 1 aliphatic carbocycles. The van der Waals surface area contributed by atoms with E-state index in [1.807, 2.05) is 48.5 Å². The first-order chi connectivity index (χ1) is 16.1. The van der Waals surface area contributed by atoms with Gasteiger partial charge in [0.15, 0.2) is 6.61 Å². The molecule has 0 unspecified atom stereocenters. The lowest BCUT2D eigenvalue weighted by atomic mass is 9.95. The molecule has 0 saturated heterocycles. The van der Waals surface area contributed by atoms with Crippen LogP contribution < -0.4 is 15.4 Å². The van der Waals surface area contributed by atoms with Gasteiger partial charge in [0.2, 0.25) is 0 Å². The fraction of sp³-hybridized carbons (Fsp3) is 0.259. The number of hydrogen-bond donors (Lipinski definition) is 2. The Hall–Kier alpha value is -3.12. The van der Waals surface area contributed by atoms with Gasteiger partial charge in [0.25, 0.3) is 11.8 Å². The van der Waals surface area contributed by atoms with Gasteiger partial charge in [-0.2, -0.15) is 0 Å². The second-order valence-corrected chi connectivity index (χ2v) is 9.09. The molecule has 6 heteroatoms. The van der Waals surface area contributed by atoms with E-state index in [4.69, 9.17) is 4.74 Å². The van der Waals surface area contributed by atoms with Crippen molar-refractivity contribution in [3.8, 4) is 16.9 Å². The van der Waals surface area contributed by atoms with E-state index in [0.29, 0.717) is 17.0 Å². The molecule has 0 heterocycles. The number of nitrogens with one attached hydrogen (secondary N) is 2. The SMILES string of the molecule is O=C(COc1ccc(-c2ccccc2)cc1Br)Nc1ccc(C(=O)NC2CCCCC2)cc1. The summed E-state index contributed by atoms with van der Waals surface area (Å²) < 4.78 is 6.47. The van der Waals surface area contributed by atoms with E-state index >= 15 is 0 Å². The van der Waals surface area contributed by atoms with Crippen LogP contribution in [-0.4, -0.2) is 24.5 Å². The Morgan fingerprint density at radius 2 is 1.61 bits per heavy atom. The summed E-state index contributed by atoms with van der Waals surface area (Å²) in [7, 11) is 0. The lowest BCUT2D eigenvalue weighted by molar-refractivity contribution is -0.118. The summed E-state index contributed by atoms with van der Waals surface area (Å²) in [5, 5.41) is 5.91. The summed E-state index contributed by atoms with van der Waals surface area (Å²) in [4.78, 5) is 24.8. The van der Waals surface area contributed by atoms with Crippen LogP contribution in [0.3, 0.4) is 0 Å². The number of benzene rings is 3. The fourth-order valence-electron chi connectivity index (χ4n) is 3.99. The molecular weight excluding hydrogens is 480 g/mol. The van der Waals surface area contributed by atoms with Crippen LogP contribution in [0.1, 0.15) is 42.5 Å². The zero-order valence-electron chi connectivity index (χ0n) is 18.4. The minimum atomic E-state index is -0.270. The Morgan fingerprint density at radius 1 is 0.879 bits per heavy atom. The van der Waals surface area contributed by atoms with Crippen molar-refractivity contribution in [1.82, 2.24) is 5.32 Å². The van der Waals surface area contributed by atoms with Crippen molar-refractivity contribution in [2.24, 2.45) is 0 Å². The number of ether oxygens (including phenoxy) is 1. The Kier molecular flexibility index (Phi) is 7.79. The Balaban J connectivity index is 1.28. The van der Waals surface area contributed by atoms with E-state index in [0.717, 1.165) is 28.4 Å². The minimum Gasteiger partial charge on any atom is -0.483 e. The number of carbonyl (C=O) groups excluding carboxylic acids is 2. The van der Waals surface area contributed by atoms with Crippen LogP contribution in [0.25, 0.3) is 11.1 Å². The van der Waals surface area contributed by atoms with Gasteiger partial charge >= 0.3 is 0 Å². The minimum absolute atomic E-state index is 0.0630. The Bertz CT molecular complexity index is 1090. The monoisotopic (exact) mass is 506 g/mol. The molecule has 2 amide bonds. The molecule has 0 spiro atoms. The molecule has 3 aromatic rings. The van der Waals surface area contributed by atoms with Crippen LogP contribution in [0.4, 0.5) is 5.69 Å². The van der Waals surface area contributed by atoms with Gasteiger partial charge in [-0.3, -0.25) is 9.59 Å². The maximum Gasteiger partial charge on any atom is 0.262 e. The zero-order valence-corrected chi connectivity index (χ0v) is 19.9. The molecule has 0 aromatic heterocycles. The predicted octanol–water partition coefficient (Wildman–Crippen LogP) is 6.20. The van der Waals surface area contributed by atoms with Crippen molar-refractivity contribution in [1.29, 1.82) is 0 Å². The third kappa shape index (κ3) is 6.45. The van der Waals surface area contributed by atoms with Crippen LogP contribution in [-0.2, 0) is 4.79 Å². The lowest BCUT2D eigenvalue weighted by Gasteiger charge is -2.22. The molecule has 2 N–H and O–H groups in total. The van der Waals surface area contributed by atoms with Crippen LogP contribution in [0, 0.1) is 0 Å². The summed E-state index contributed by atoms with van der Waals surface area (Å²) in [6.45, 7) is -0.118. The number of halogens is 1. The summed E-state index contributed by atoms with van der Waals surface area (Å²) >= 11 is 3.52. The molecule has 5 nitrogen and oxygen atoms in total. The summed E-state index contributed by atoms with van der Waals surface area (Å²) in [5.41, 5.74) is 3.39. The highest BCUT2D eigenvalue weighted by Gasteiger charge is 2.16. The maximum absolute atomic E-state index is 12.4. The van der Waals surface area contributed by atoms with Crippen LogP contribution in [0.5, 0.6) is 5.75 Å². The fourth-order valence-corrected chi connectivity index (χ4v) is 4.48. The van der Waals surface area contributed by atoms with Gasteiger partial charge in [0.05, 0.1) is 4.47 Å². The Labute approximate surface area is 202 Å². The molecule has 1 fully saturated rings. The maximum atomic E-state index is 12.4. The van der Waals surface area contributed by atoms with Crippen LogP contribution in [0.2, 0.25) is 0 Å². The smallest absolute Gasteiger partial charge is 0.262 e. The highest BCUT2D eigenvalue weighted by Crippen LogP contribution is 2.30. The predicted molar refractivity (Wildman–Crippen MR) is 134 cm³/mol. The zero-order chi connectivity index (χ0) is 23.0. The lowest BCUT2D eigenvalue weighted by Crippen LogP contribution is -2.36. The van der Waals surface area contributed by atoms with Crippen molar-refractivity contribution in [3.63, 3.8) is 0 Å². The summed E-state index contributed by atoms with van der Waals surface area (Å²) in [6.07, 6.45) is 5.69. The van der Waals surface area contributed by atoms with Crippen molar-refractivity contribution < 1.29 is 14.3 Å². The van der Waals surface area contributed by atoms with Gasteiger partial charge in [-0.15, -0.1) is 0 Å². The van der Waals surface area contributed by atoms with E-state index in [1.165, 1.54) is 19.3 Å². The van der Waals surface area contributed by atoms with Gasteiger partial charge in [-0.25, -0.2) is 0 Å².